The largest absolute Gasteiger partial charge is 0.322 e. The number of nitrogens with zero attached hydrogens (tertiary/aromatic N) is 1. The molecule has 0 saturated carbocycles. The number of halogens is 3. The highest BCUT2D eigenvalue weighted by Gasteiger charge is 2.30. The van der Waals surface area contributed by atoms with E-state index in [-0.39, 0.29) is 11.7 Å². The predicted molar refractivity (Wildman–Crippen MR) is 110 cm³/mol. The van der Waals surface area contributed by atoms with Crippen LogP contribution in [-0.2, 0) is 19.4 Å². The molecule has 0 aromatic heterocycles. The number of rotatable bonds is 4. The van der Waals surface area contributed by atoms with Gasteiger partial charge in [0.05, 0.1) is 5.69 Å². The van der Waals surface area contributed by atoms with Gasteiger partial charge < -0.3 is 10.2 Å². The molecule has 0 fully saturated rings. The Morgan fingerprint density at radius 1 is 1.00 bits per heavy atom. The van der Waals surface area contributed by atoms with Crippen LogP contribution in [0.25, 0.3) is 0 Å². The molecule has 4 rings (SSSR count). The minimum atomic E-state index is -0.806. The zero-order valence-electron chi connectivity index (χ0n) is 15.5. The van der Waals surface area contributed by atoms with Crippen molar-refractivity contribution in [3.63, 3.8) is 0 Å². The van der Waals surface area contributed by atoms with Gasteiger partial charge in [-0.1, -0.05) is 48.0 Å². The highest BCUT2D eigenvalue weighted by molar-refractivity contribution is 6.30. The Bertz CT molecular complexity index is 1010. The first kappa shape index (κ1) is 19.4. The molecular formula is C23H19ClF2N2O. The van der Waals surface area contributed by atoms with E-state index in [1.54, 1.807) is 17.0 Å². The molecule has 29 heavy (non-hydrogen) atoms. The average Bonchev–Trinajstić information content (AvgIpc) is 3.13. The minimum absolute atomic E-state index is 0.0481. The lowest BCUT2D eigenvalue weighted by Gasteiger charge is -2.29. The Kier molecular flexibility index (Phi) is 5.49. The second-order valence-corrected chi connectivity index (χ2v) is 7.58. The maximum absolute atomic E-state index is 14.0. The third kappa shape index (κ3) is 4.40. The Morgan fingerprint density at radius 2 is 1.66 bits per heavy atom. The van der Waals surface area contributed by atoms with Crippen molar-refractivity contribution >= 4 is 23.3 Å². The second-order valence-electron chi connectivity index (χ2n) is 7.14. The van der Waals surface area contributed by atoms with Crippen molar-refractivity contribution < 1.29 is 13.6 Å². The molecule has 3 aromatic carbocycles. The lowest BCUT2D eigenvalue weighted by atomic mass is 10.1. The van der Waals surface area contributed by atoms with Gasteiger partial charge in [-0.05, 0) is 53.8 Å². The van der Waals surface area contributed by atoms with Gasteiger partial charge in [0.1, 0.15) is 11.6 Å². The third-order valence-electron chi connectivity index (χ3n) is 5.17. The van der Waals surface area contributed by atoms with Gasteiger partial charge in [0.25, 0.3) is 0 Å². The van der Waals surface area contributed by atoms with Crippen molar-refractivity contribution in [3.05, 3.63) is 100 Å². The van der Waals surface area contributed by atoms with Crippen LogP contribution in [0.2, 0.25) is 5.02 Å². The van der Waals surface area contributed by atoms with Crippen LogP contribution in [0.15, 0.2) is 66.7 Å². The van der Waals surface area contributed by atoms with E-state index >= 15 is 0 Å². The number of benzene rings is 3. The first-order valence-electron chi connectivity index (χ1n) is 9.33. The number of amides is 2. The zero-order valence-corrected chi connectivity index (χ0v) is 16.3. The summed E-state index contributed by atoms with van der Waals surface area (Å²) in [5.41, 5.74) is 3.28. The number of nitrogens with one attached hydrogen (secondary N) is 1. The predicted octanol–water partition coefficient (Wildman–Crippen LogP) is 5.82. The van der Waals surface area contributed by atoms with Crippen LogP contribution >= 0.6 is 11.6 Å². The zero-order chi connectivity index (χ0) is 20.4. The maximum atomic E-state index is 14.0. The molecule has 0 heterocycles. The fourth-order valence-corrected chi connectivity index (χ4v) is 3.81. The monoisotopic (exact) mass is 412 g/mol. The van der Waals surface area contributed by atoms with Crippen molar-refractivity contribution in [2.24, 2.45) is 0 Å². The van der Waals surface area contributed by atoms with Gasteiger partial charge in [-0.3, -0.25) is 0 Å². The highest BCUT2D eigenvalue weighted by atomic mass is 35.5. The summed E-state index contributed by atoms with van der Waals surface area (Å²) in [5, 5.41) is 3.21. The highest BCUT2D eigenvalue weighted by Crippen LogP contribution is 2.28. The summed E-state index contributed by atoms with van der Waals surface area (Å²) in [7, 11) is 0. The Balaban J connectivity index is 1.59. The number of urea groups is 1. The SMILES string of the molecule is O=C(Nc1ccc(F)cc1F)N(Cc1ccc(Cl)cc1)C1Cc2ccccc2C1. The molecule has 0 atom stereocenters. The van der Waals surface area contributed by atoms with Gasteiger partial charge in [-0.2, -0.15) is 0 Å². The van der Waals surface area contributed by atoms with E-state index in [9.17, 15) is 13.6 Å². The molecule has 148 valence electrons. The Hall–Kier alpha value is -2.92. The normalized spacial score (nSPS) is 13.2. The summed E-state index contributed by atoms with van der Waals surface area (Å²) in [6.45, 7) is 0.352. The van der Waals surface area contributed by atoms with E-state index in [2.05, 4.69) is 17.4 Å². The second kappa shape index (κ2) is 8.21. The quantitative estimate of drug-likeness (QED) is 0.575. The topological polar surface area (TPSA) is 32.3 Å². The van der Waals surface area contributed by atoms with Crippen LogP contribution in [0.1, 0.15) is 16.7 Å². The van der Waals surface area contributed by atoms with E-state index in [0.29, 0.717) is 11.6 Å². The van der Waals surface area contributed by atoms with E-state index in [0.717, 1.165) is 30.5 Å². The summed E-state index contributed by atoms with van der Waals surface area (Å²) in [6.07, 6.45) is 1.45. The molecule has 0 bridgehead atoms. The van der Waals surface area contributed by atoms with Crippen LogP contribution in [0.3, 0.4) is 0 Å². The summed E-state index contributed by atoms with van der Waals surface area (Å²) >= 11 is 5.97. The molecule has 3 aromatic rings. The molecule has 2 amide bonds. The standard InChI is InChI=1S/C23H19ClF2N2O/c24-18-7-5-15(6-8-18)14-28(20-11-16-3-1-2-4-17(16)12-20)23(29)27-22-10-9-19(25)13-21(22)26/h1-10,13,20H,11-12,14H2,(H,27,29). The molecule has 6 heteroatoms. The lowest BCUT2D eigenvalue weighted by molar-refractivity contribution is 0.185. The fraction of sp³-hybridized carbons (Fsp3) is 0.174. The smallest absolute Gasteiger partial charge is 0.317 e. The van der Waals surface area contributed by atoms with Crippen molar-refractivity contribution in [1.29, 1.82) is 0 Å². The summed E-state index contributed by atoms with van der Waals surface area (Å²) in [5.74, 6) is -1.50. The molecule has 3 nitrogen and oxygen atoms in total. The molecule has 1 aliphatic rings. The van der Waals surface area contributed by atoms with Crippen LogP contribution in [0.5, 0.6) is 0 Å². The first-order valence-corrected chi connectivity index (χ1v) is 9.71. The Morgan fingerprint density at radius 3 is 2.28 bits per heavy atom. The Labute approximate surface area is 172 Å². The van der Waals surface area contributed by atoms with Crippen molar-refractivity contribution in [1.82, 2.24) is 4.90 Å². The lowest BCUT2D eigenvalue weighted by Crippen LogP contribution is -2.43. The molecular weight excluding hydrogens is 394 g/mol. The van der Waals surface area contributed by atoms with Crippen LogP contribution in [0.4, 0.5) is 19.3 Å². The van der Waals surface area contributed by atoms with Gasteiger partial charge in [0.15, 0.2) is 0 Å². The summed E-state index contributed by atoms with van der Waals surface area (Å²) in [6, 6.07) is 18.0. The number of carbonyl (C=O) groups excluding carboxylic acids is 1. The van der Waals surface area contributed by atoms with Gasteiger partial charge in [-0.15, -0.1) is 0 Å². The summed E-state index contributed by atoms with van der Waals surface area (Å²) < 4.78 is 27.2. The number of hydrogen-bond acceptors (Lipinski definition) is 1. The van der Waals surface area contributed by atoms with Gasteiger partial charge in [-0.25, -0.2) is 13.6 Å². The number of carbonyl (C=O) groups is 1. The maximum Gasteiger partial charge on any atom is 0.322 e. The van der Waals surface area contributed by atoms with Gasteiger partial charge in [0, 0.05) is 23.7 Å². The van der Waals surface area contributed by atoms with E-state index in [4.69, 9.17) is 11.6 Å². The molecule has 0 radical (unpaired) electrons. The van der Waals surface area contributed by atoms with E-state index < -0.39 is 17.7 Å². The molecule has 0 saturated heterocycles. The van der Waals surface area contributed by atoms with Gasteiger partial charge >= 0.3 is 6.03 Å². The van der Waals surface area contributed by atoms with Crippen LogP contribution < -0.4 is 5.32 Å². The fourth-order valence-electron chi connectivity index (χ4n) is 3.69. The molecule has 0 spiro atoms. The molecule has 0 unspecified atom stereocenters. The van der Waals surface area contributed by atoms with Crippen molar-refractivity contribution in [3.8, 4) is 0 Å². The van der Waals surface area contributed by atoms with Crippen LogP contribution in [0, 0.1) is 11.6 Å². The van der Waals surface area contributed by atoms with E-state index in [1.165, 1.54) is 17.2 Å². The third-order valence-corrected chi connectivity index (χ3v) is 5.42. The molecule has 0 aliphatic heterocycles. The van der Waals surface area contributed by atoms with Crippen molar-refractivity contribution in [2.75, 3.05) is 5.32 Å². The number of anilines is 1. The van der Waals surface area contributed by atoms with Crippen LogP contribution in [-0.4, -0.2) is 17.0 Å². The number of hydrogen-bond donors (Lipinski definition) is 1. The molecule has 1 N–H and O–H groups in total. The average molecular weight is 413 g/mol. The van der Waals surface area contributed by atoms with Gasteiger partial charge in [0.2, 0.25) is 0 Å². The summed E-state index contributed by atoms with van der Waals surface area (Å²) in [4.78, 5) is 14.8. The minimum Gasteiger partial charge on any atom is -0.317 e. The van der Waals surface area contributed by atoms with E-state index in [1.807, 2.05) is 24.3 Å². The van der Waals surface area contributed by atoms with Crippen molar-refractivity contribution in [2.45, 2.75) is 25.4 Å². The molecule has 1 aliphatic carbocycles. The first-order chi connectivity index (χ1) is 14.0. The number of fused-ring (bicyclic) bond motifs is 1.